The molecule has 0 radical (unpaired) electrons. The Bertz CT molecular complexity index is 820. The maximum Gasteiger partial charge on any atom is 0.417 e. The van der Waals surface area contributed by atoms with Gasteiger partial charge in [-0.05, 0) is 58.4 Å². The van der Waals surface area contributed by atoms with Crippen LogP contribution >= 0.6 is 0 Å². The molecule has 0 atom stereocenters. The number of aliphatic imine (C=N–C) groups is 1. The number of carbonyl (C=O) groups excluding carboxylic acids is 1. The van der Waals surface area contributed by atoms with E-state index in [-0.39, 0.29) is 12.5 Å². The van der Waals surface area contributed by atoms with E-state index >= 15 is 0 Å². The molecule has 11 heteroatoms. The number of carbonyl (C=O) groups is 3. The molecule has 1 aromatic rings. The largest absolute Gasteiger partial charge is 0.465 e. The zero-order valence-corrected chi connectivity index (χ0v) is 18.7. The summed E-state index contributed by atoms with van der Waals surface area (Å²) in [5.74, 6) is 0.146. The van der Waals surface area contributed by atoms with E-state index in [0.717, 1.165) is 0 Å². The van der Waals surface area contributed by atoms with Crippen molar-refractivity contribution in [1.82, 2.24) is 10.2 Å². The number of benzene rings is 1. The smallest absolute Gasteiger partial charge is 0.417 e. The Labute approximate surface area is 181 Å². The van der Waals surface area contributed by atoms with Crippen LogP contribution in [0.2, 0.25) is 0 Å². The number of anilines is 2. The maximum absolute atomic E-state index is 12.1. The van der Waals surface area contributed by atoms with Gasteiger partial charge in [-0.2, -0.15) is 0 Å². The Morgan fingerprint density at radius 2 is 1.74 bits per heavy atom. The molecule has 0 aliphatic rings. The van der Waals surface area contributed by atoms with Crippen LogP contribution in [0.15, 0.2) is 23.2 Å². The van der Waals surface area contributed by atoms with Crippen LogP contribution in [-0.4, -0.2) is 65.1 Å². The molecule has 1 rings (SSSR count). The number of nitrogens with zero attached hydrogens (tertiary/aromatic N) is 3. The molecule has 4 N–H and O–H groups in total. The molecule has 0 unspecified atom stereocenters. The van der Waals surface area contributed by atoms with Crippen molar-refractivity contribution in [3.63, 3.8) is 0 Å². The molecule has 0 aliphatic carbocycles. The van der Waals surface area contributed by atoms with E-state index in [0.29, 0.717) is 34.9 Å². The number of imide groups is 1. The van der Waals surface area contributed by atoms with E-state index < -0.39 is 23.9 Å². The Balaban J connectivity index is 3.21. The van der Waals surface area contributed by atoms with Gasteiger partial charge in [0.1, 0.15) is 5.60 Å². The van der Waals surface area contributed by atoms with Gasteiger partial charge in [-0.3, -0.25) is 10.3 Å². The highest BCUT2D eigenvalue weighted by Crippen LogP contribution is 2.25. The first kappa shape index (κ1) is 25.5. The van der Waals surface area contributed by atoms with Crippen molar-refractivity contribution in [2.24, 2.45) is 4.99 Å². The van der Waals surface area contributed by atoms with E-state index in [1.807, 2.05) is 18.9 Å². The van der Waals surface area contributed by atoms with Crippen LogP contribution in [0.4, 0.5) is 25.8 Å². The Kier molecular flexibility index (Phi) is 9.10. The first-order valence-corrected chi connectivity index (χ1v) is 9.76. The van der Waals surface area contributed by atoms with Gasteiger partial charge in [-0.25, -0.2) is 19.3 Å². The summed E-state index contributed by atoms with van der Waals surface area (Å²) >= 11 is 0. The fourth-order valence-corrected chi connectivity index (χ4v) is 2.53. The number of alkyl carbamates (subject to hydrolysis) is 1. The van der Waals surface area contributed by atoms with E-state index in [2.05, 4.69) is 15.6 Å². The molecule has 0 saturated carbocycles. The van der Waals surface area contributed by atoms with Gasteiger partial charge in [0.2, 0.25) is 5.96 Å². The SMILES string of the molecule is CCN=C(NC(=O)OC(C)(C)C)Nc1ccc(N(C)CC)c(CN(C(=O)O)C(=O)O)c1. The number of hydrogen-bond acceptors (Lipinski definition) is 6. The summed E-state index contributed by atoms with van der Waals surface area (Å²) in [6, 6.07) is 5.07. The molecule has 0 bridgehead atoms. The second-order valence-corrected chi connectivity index (χ2v) is 7.58. The third-order valence-electron chi connectivity index (χ3n) is 3.95. The van der Waals surface area contributed by atoms with Crippen molar-refractivity contribution < 1.29 is 29.3 Å². The first-order chi connectivity index (χ1) is 14.4. The van der Waals surface area contributed by atoms with Gasteiger partial charge in [0, 0.05) is 31.5 Å². The summed E-state index contributed by atoms with van der Waals surface area (Å²) in [5, 5.41) is 23.9. The van der Waals surface area contributed by atoms with Crippen molar-refractivity contribution in [3.05, 3.63) is 23.8 Å². The van der Waals surface area contributed by atoms with Crippen molar-refractivity contribution >= 4 is 35.6 Å². The summed E-state index contributed by atoms with van der Waals surface area (Å²) < 4.78 is 5.23. The number of rotatable bonds is 6. The topological polar surface area (TPSA) is 144 Å². The summed E-state index contributed by atoms with van der Waals surface area (Å²) in [7, 11) is 1.81. The Hall–Kier alpha value is -3.50. The van der Waals surface area contributed by atoms with Gasteiger partial charge >= 0.3 is 18.3 Å². The number of carboxylic acid groups (broad SMARTS) is 2. The molecule has 0 aromatic heterocycles. The molecular weight excluding hydrogens is 406 g/mol. The number of guanidine groups is 1. The number of hydrogen-bond donors (Lipinski definition) is 4. The van der Waals surface area contributed by atoms with Crippen molar-refractivity contribution in [2.45, 2.75) is 46.8 Å². The minimum atomic E-state index is -1.57. The predicted molar refractivity (Wildman–Crippen MR) is 118 cm³/mol. The van der Waals surface area contributed by atoms with Crippen LogP contribution in [0.5, 0.6) is 0 Å². The summed E-state index contributed by atoms with van der Waals surface area (Å²) in [6.07, 6.45) is -3.83. The van der Waals surface area contributed by atoms with Gasteiger partial charge in [-0.1, -0.05) is 0 Å². The lowest BCUT2D eigenvalue weighted by molar-refractivity contribution is 0.0562. The van der Waals surface area contributed by atoms with Crippen LogP contribution in [-0.2, 0) is 11.3 Å². The molecule has 0 heterocycles. The van der Waals surface area contributed by atoms with Crippen molar-refractivity contribution in [3.8, 4) is 0 Å². The third-order valence-corrected chi connectivity index (χ3v) is 3.95. The Morgan fingerprint density at radius 3 is 2.23 bits per heavy atom. The zero-order valence-electron chi connectivity index (χ0n) is 18.7. The highest BCUT2D eigenvalue weighted by Gasteiger charge is 2.23. The fourth-order valence-electron chi connectivity index (χ4n) is 2.53. The Morgan fingerprint density at radius 1 is 1.13 bits per heavy atom. The highest BCUT2D eigenvalue weighted by atomic mass is 16.6. The highest BCUT2D eigenvalue weighted by molar-refractivity contribution is 6.02. The number of nitrogens with one attached hydrogen (secondary N) is 2. The van der Waals surface area contributed by atoms with Gasteiger partial charge in [0.25, 0.3) is 0 Å². The van der Waals surface area contributed by atoms with Gasteiger partial charge in [0.05, 0.1) is 6.54 Å². The average molecular weight is 437 g/mol. The maximum atomic E-state index is 12.1. The lowest BCUT2D eigenvalue weighted by Crippen LogP contribution is -2.40. The lowest BCUT2D eigenvalue weighted by atomic mass is 10.1. The van der Waals surface area contributed by atoms with Crippen LogP contribution in [0.1, 0.15) is 40.2 Å². The monoisotopic (exact) mass is 437 g/mol. The first-order valence-electron chi connectivity index (χ1n) is 9.76. The van der Waals surface area contributed by atoms with Gasteiger partial charge < -0.3 is 25.2 Å². The minimum Gasteiger partial charge on any atom is -0.465 e. The summed E-state index contributed by atoms with van der Waals surface area (Å²) in [6.45, 7) is 9.57. The van der Waals surface area contributed by atoms with Crippen LogP contribution in [0, 0.1) is 0 Å². The summed E-state index contributed by atoms with van der Waals surface area (Å²) in [4.78, 5) is 41.1. The molecule has 3 amide bonds. The average Bonchev–Trinajstić information content (AvgIpc) is 2.63. The molecule has 0 fully saturated rings. The third kappa shape index (κ3) is 8.41. The normalized spacial score (nSPS) is 11.5. The minimum absolute atomic E-state index is 0.146. The van der Waals surface area contributed by atoms with Crippen LogP contribution < -0.4 is 15.5 Å². The van der Waals surface area contributed by atoms with E-state index in [9.17, 15) is 24.6 Å². The van der Waals surface area contributed by atoms with E-state index in [1.54, 1.807) is 45.9 Å². The van der Waals surface area contributed by atoms with Crippen molar-refractivity contribution in [2.75, 3.05) is 30.4 Å². The van der Waals surface area contributed by atoms with E-state index in [4.69, 9.17) is 4.74 Å². The second-order valence-electron chi connectivity index (χ2n) is 7.58. The molecule has 1 aromatic carbocycles. The molecule has 31 heavy (non-hydrogen) atoms. The second kappa shape index (κ2) is 11.0. The summed E-state index contributed by atoms with van der Waals surface area (Å²) in [5.41, 5.74) is 0.946. The molecule has 172 valence electrons. The van der Waals surface area contributed by atoms with Crippen LogP contribution in [0.3, 0.4) is 0 Å². The van der Waals surface area contributed by atoms with Crippen molar-refractivity contribution in [1.29, 1.82) is 0 Å². The van der Waals surface area contributed by atoms with Crippen LogP contribution in [0.25, 0.3) is 0 Å². The van der Waals surface area contributed by atoms with Gasteiger partial charge in [0.15, 0.2) is 0 Å². The quantitative estimate of drug-likeness (QED) is 0.390. The zero-order chi connectivity index (χ0) is 23.8. The molecule has 0 spiro atoms. The lowest BCUT2D eigenvalue weighted by Gasteiger charge is -2.24. The number of ether oxygens (including phenoxy) is 1. The molecule has 0 aliphatic heterocycles. The predicted octanol–water partition coefficient (Wildman–Crippen LogP) is 3.61. The van der Waals surface area contributed by atoms with Gasteiger partial charge in [-0.15, -0.1) is 0 Å². The van der Waals surface area contributed by atoms with E-state index in [1.165, 1.54) is 0 Å². The molecule has 0 saturated heterocycles. The molecule has 11 nitrogen and oxygen atoms in total. The number of amides is 3. The standard InChI is InChI=1S/C20H31N5O6/c1-7-21-16(23-17(26)31-20(3,4)5)22-14-9-10-15(24(6)8-2)13(11-14)12-25(18(27)28)19(29)30/h9-11H,7-8,12H2,1-6H3,(H,27,28)(H,29,30)(H2,21,22,23,26). The molecular formula is C20H31N5O6. The fraction of sp³-hybridized carbons (Fsp3) is 0.500.